The molecule has 0 aliphatic heterocycles. The molecule has 3 aromatic rings. The molecule has 2 aromatic heterocycles. The number of fused-ring (bicyclic) bond motifs is 1. The number of imidazole rings is 1. The third kappa shape index (κ3) is 2.60. The number of rotatable bonds is 3. The molecule has 0 atom stereocenters. The summed E-state index contributed by atoms with van der Waals surface area (Å²) in [6.07, 6.45) is 3.21. The van der Waals surface area contributed by atoms with E-state index in [4.69, 9.17) is 4.84 Å². The fraction of sp³-hybridized carbons (Fsp3) is 0.133. The minimum Gasteiger partial charge on any atom is -0.283 e. The molecule has 1 aromatic carbocycles. The maximum Gasteiger partial charge on any atom is 0.278 e. The van der Waals surface area contributed by atoms with Gasteiger partial charge in [-0.1, -0.05) is 22.0 Å². The predicted octanol–water partition coefficient (Wildman–Crippen LogP) is 2.82. The van der Waals surface area contributed by atoms with E-state index in [9.17, 15) is 4.79 Å². The Kier molecular flexibility index (Phi) is 3.91. The van der Waals surface area contributed by atoms with Gasteiger partial charge in [0, 0.05) is 23.4 Å². The Hall–Kier alpha value is -2.25. The molecule has 112 valence electrons. The van der Waals surface area contributed by atoms with Gasteiger partial charge in [-0.05, 0) is 24.3 Å². The second-order valence-electron chi connectivity index (χ2n) is 4.65. The van der Waals surface area contributed by atoms with Crippen molar-refractivity contribution in [2.24, 2.45) is 0 Å². The predicted molar refractivity (Wildman–Crippen MR) is 85.7 cm³/mol. The quantitative estimate of drug-likeness (QED) is 0.673. The molecule has 7 heteroatoms. The normalized spacial score (nSPS) is 10.9. The highest BCUT2D eigenvalue weighted by atomic mass is 79.9. The first-order valence-corrected chi connectivity index (χ1v) is 7.30. The van der Waals surface area contributed by atoms with Crippen LogP contribution in [0.5, 0.6) is 0 Å². The molecule has 2 heterocycles. The largest absolute Gasteiger partial charge is 0.283 e. The second kappa shape index (κ2) is 5.86. The van der Waals surface area contributed by atoms with Crippen LogP contribution >= 0.6 is 15.9 Å². The maximum absolute atomic E-state index is 12.1. The van der Waals surface area contributed by atoms with Crippen molar-refractivity contribution in [3.05, 3.63) is 52.9 Å². The molecular weight excluding hydrogens is 348 g/mol. The number of benzene rings is 1. The highest BCUT2D eigenvalue weighted by molar-refractivity contribution is 9.10. The van der Waals surface area contributed by atoms with Gasteiger partial charge in [0.05, 0.1) is 12.7 Å². The number of halogens is 1. The number of aromatic nitrogens is 3. The standard InChI is InChI=1S/C15H13BrN4O2/c1-19(22-2)15(21)10-6-13-14(17-8-10)20(9-18-13)12-5-3-4-11(16)7-12/h3-9H,1-2H3. The molecule has 0 aliphatic rings. The average Bonchev–Trinajstić information content (AvgIpc) is 2.96. The first-order valence-electron chi connectivity index (χ1n) is 6.51. The molecule has 0 saturated heterocycles. The SMILES string of the molecule is CON(C)C(=O)c1cnc2c(c1)ncn2-c1cccc(Br)c1. The second-order valence-corrected chi connectivity index (χ2v) is 5.56. The van der Waals surface area contributed by atoms with Crippen molar-refractivity contribution in [2.75, 3.05) is 14.2 Å². The fourth-order valence-corrected chi connectivity index (χ4v) is 2.48. The third-order valence-corrected chi connectivity index (χ3v) is 3.77. The Balaban J connectivity index is 2.05. The maximum atomic E-state index is 12.1. The van der Waals surface area contributed by atoms with Crippen LogP contribution in [0.2, 0.25) is 0 Å². The van der Waals surface area contributed by atoms with Crippen molar-refractivity contribution in [1.82, 2.24) is 19.6 Å². The van der Waals surface area contributed by atoms with Gasteiger partial charge >= 0.3 is 0 Å². The van der Waals surface area contributed by atoms with Crippen molar-refractivity contribution in [3.63, 3.8) is 0 Å². The zero-order valence-electron chi connectivity index (χ0n) is 12.0. The fourth-order valence-electron chi connectivity index (χ4n) is 2.10. The number of nitrogens with zero attached hydrogens (tertiary/aromatic N) is 4. The summed E-state index contributed by atoms with van der Waals surface area (Å²) in [5.74, 6) is -0.270. The lowest BCUT2D eigenvalue weighted by molar-refractivity contribution is -0.0757. The summed E-state index contributed by atoms with van der Waals surface area (Å²) >= 11 is 3.45. The van der Waals surface area contributed by atoms with E-state index >= 15 is 0 Å². The van der Waals surface area contributed by atoms with Gasteiger partial charge < -0.3 is 0 Å². The molecule has 0 saturated carbocycles. The van der Waals surface area contributed by atoms with Gasteiger partial charge in [0.1, 0.15) is 11.8 Å². The number of carbonyl (C=O) groups excluding carboxylic acids is 1. The molecule has 0 aliphatic carbocycles. The minimum absolute atomic E-state index is 0.270. The van der Waals surface area contributed by atoms with Crippen LogP contribution in [0.1, 0.15) is 10.4 Å². The number of hydroxylamine groups is 2. The van der Waals surface area contributed by atoms with Crippen molar-refractivity contribution in [3.8, 4) is 5.69 Å². The summed E-state index contributed by atoms with van der Waals surface area (Å²) in [5.41, 5.74) is 2.71. The summed E-state index contributed by atoms with van der Waals surface area (Å²) in [4.78, 5) is 25.6. The number of pyridine rings is 1. The number of carbonyl (C=O) groups is 1. The molecule has 0 N–H and O–H groups in total. The molecule has 1 amide bonds. The highest BCUT2D eigenvalue weighted by Gasteiger charge is 2.14. The Morgan fingerprint density at radius 1 is 1.32 bits per heavy atom. The summed E-state index contributed by atoms with van der Waals surface area (Å²) in [5, 5.41) is 1.15. The molecule has 0 bridgehead atoms. The van der Waals surface area contributed by atoms with Crippen LogP contribution in [-0.2, 0) is 4.84 Å². The minimum atomic E-state index is -0.270. The van der Waals surface area contributed by atoms with Crippen molar-refractivity contribution in [1.29, 1.82) is 0 Å². The van der Waals surface area contributed by atoms with Gasteiger partial charge in [-0.3, -0.25) is 14.2 Å². The summed E-state index contributed by atoms with van der Waals surface area (Å²) in [6, 6.07) is 9.53. The van der Waals surface area contributed by atoms with Crippen molar-refractivity contribution >= 4 is 33.0 Å². The smallest absolute Gasteiger partial charge is 0.278 e. The van der Waals surface area contributed by atoms with E-state index in [1.165, 1.54) is 13.3 Å². The van der Waals surface area contributed by atoms with Gasteiger partial charge in [0.2, 0.25) is 0 Å². The molecule has 0 fully saturated rings. The first-order chi connectivity index (χ1) is 10.6. The number of amides is 1. The molecule has 0 unspecified atom stereocenters. The molecule has 6 nitrogen and oxygen atoms in total. The van der Waals surface area contributed by atoms with Crippen LogP contribution in [-0.4, -0.2) is 39.7 Å². The lowest BCUT2D eigenvalue weighted by Gasteiger charge is -2.13. The Morgan fingerprint density at radius 3 is 2.86 bits per heavy atom. The first kappa shape index (κ1) is 14.7. The number of hydrogen-bond acceptors (Lipinski definition) is 4. The monoisotopic (exact) mass is 360 g/mol. The Bertz CT molecular complexity index is 846. The van der Waals surface area contributed by atoms with Crippen LogP contribution in [0.3, 0.4) is 0 Å². The molecule has 3 rings (SSSR count). The Morgan fingerprint density at radius 2 is 2.14 bits per heavy atom. The molecule has 0 radical (unpaired) electrons. The van der Waals surface area contributed by atoms with Gasteiger partial charge in [-0.15, -0.1) is 0 Å². The summed E-state index contributed by atoms with van der Waals surface area (Å²) < 4.78 is 2.84. The number of hydrogen-bond donors (Lipinski definition) is 0. The molecule has 22 heavy (non-hydrogen) atoms. The van der Waals surface area contributed by atoms with Crippen LogP contribution in [0.4, 0.5) is 0 Å². The van der Waals surface area contributed by atoms with E-state index in [2.05, 4.69) is 25.9 Å². The highest BCUT2D eigenvalue weighted by Crippen LogP contribution is 2.20. The van der Waals surface area contributed by atoms with E-state index in [0.717, 1.165) is 15.2 Å². The van der Waals surface area contributed by atoms with Crippen LogP contribution in [0.15, 0.2) is 47.3 Å². The van der Waals surface area contributed by atoms with Gasteiger partial charge in [-0.2, -0.15) is 0 Å². The lowest BCUT2D eigenvalue weighted by atomic mass is 10.2. The van der Waals surface area contributed by atoms with Gasteiger partial charge in [-0.25, -0.2) is 15.0 Å². The average molecular weight is 361 g/mol. The van der Waals surface area contributed by atoms with Gasteiger partial charge in [0.25, 0.3) is 5.91 Å². The van der Waals surface area contributed by atoms with Gasteiger partial charge in [0.15, 0.2) is 5.65 Å². The van der Waals surface area contributed by atoms with Crippen molar-refractivity contribution in [2.45, 2.75) is 0 Å². The van der Waals surface area contributed by atoms with Crippen LogP contribution in [0.25, 0.3) is 16.9 Å². The van der Waals surface area contributed by atoms with E-state index in [1.807, 2.05) is 28.8 Å². The zero-order valence-corrected chi connectivity index (χ0v) is 13.6. The topological polar surface area (TPSA) is 60.2 Å². The third-order valence-electron chi connectivity index (χ3n) is 3.28. The summed E-state index contributed by atoms with van der Waals surface area (Å²) in [7, 11) is 2.98. The zero-order chi connectivity index (χ0) is 15.7. The van der Waals surface area contributed by atoms with Crippen LogP contribution < -0.4 is 0 Å². The van der Waals surface area contributed by atoms with E-state index in [-0.39, 0.29) is 5.91 Å². The summed E-state index contributed by atoms with van der Waals surface area (Å²) in [6.45, 7) is 0. The lowest BCUT2D eigenvalue weighted by Crippen LogP contribution is -2.25. The van der Waals surface area contributed by atoms with E-state index < -0.39 is 0 Å². The van der Waals surface area contributed by atoms with E-state index in [1.54, 1.807) is 19.4 Å². The Labute approximate surface area is 135 Å². The van der Waals surface area contributed by atoms with E-state index in [0.29, 0.717) is 16.7 Å². The van der Waals surface area contributed by atoms with Crippen LogP contribution in [0, 0.1) is 0 Å². The van der Waals surface area contributed by atoms with Crippen molar-refractivity contribution < 1.29 is 9.63 Å². The molecular formula is C15H13BrN4O2. The molecule has 0 spiro atoms.